The van der Waals surface area contributed by atoms with E-state index in [0.29, 0.717) is 23.7 Å². The molecule has 2 rings (SSSR count). The van der Waals surface area contributed by atoms with E-state index in [1.807, 2.05) is 18.2 Å². The number of aliphatic hydroxyl groups is 2. The Morgan fingerprint density at radius 3 is 2.81 bits per heavy atom. The Labute approximate surface area is 127 Å². The summed E-state index contributed by atoms with van der Waals surface area (Å²) in [6, 6.07) is 7.47. The second-order valence-corrected chi connectivity index (χ2v) is 5.30. The third-order valence-corrected chi connectivity index (χ3v) is 3.45. The fourth-order valence-corrected chi connectivity index (χ4v) is 2.30. The quantitative estimate of drug-likeness (QED) is 0.616. The zero-order valence-corrected chi connectivity index (χ0v) is 11.9. The van der Waals surface area contributed by atoms with Crippen LogP contribution in [0.1, 0.15) is 5.56 Å². The van der Waals surface area contributed by atoms with Crippen molar-refractivity contribution < 1.29 is 20.1 Å². The minimum absolute atomic E-state index is 0.545. The van der Waals surface area contributed by atoms with Crippen LogP contribution in [0.2, 0.25) is 5.02 Å². The lowest BCUT2D eigenvalue weighted by Crippen LogP contribution is -2.42. The molecule has 5 nitrogen and oxygen atoms in total. The van der Waals surface area contributed by atoms with Gasteiger partial charge < -0.3 is 20.6 Å². The maximum absolute atomic E-state index is 11.0. The van der Waals surface area contributed by atoms with Gasteiger partial charge in [0.1, 0.15) is 5.92 Å². The van der Waals surface area contributed by atoms with Gasteiger partial charge in [0.2, 0.25) is 0 Å². The third-order valence-electron chi connectivity index (χ3n) is 3.21. The van der Waals surface area contributed by atoms with Crippen LogP contribution in [0.5, 0.6) is 0 Å². The average Bonchev–Trinajstić information content (AvgIpc) is 2.40. The highest BCUT2D eigenvalue weighted by Gasteiger charge is 2.38. The molecule has 1 aliphatic carbocycles. The van der Waals surface area contributed by atoms with Crippen molar-refractivity contribution in [2.75, 3.05) is 6.54 Å². The molecule has 6 heteroatoms. The molecule has 4 N–H and O–H groups in total. The molecular formula is C15H16ClNO4. The lowest BCUT2D eigenvalue weighted by atomic mass is 9.92. The topological polar surface area (TPSA) is 89.8 Å². The molecule has 1 aliphatic rings. The van der Waals surface area contributed by atoms with Gasteiger partial charge in [-0.05, 0) is 42.3 Å². The fourth-order valence-electron chi connectivity index (χ4n) is 2.09. The molecule has 112 valence electrons. The van der Waals surface area contributed by atoms with Crippen molar-refractivity contribution in [1.29, 1.82) is 0 Å². The summed E-state index contributed by atoms with van der Waals surface area (Å²) in [6.07, 6.45) is 4.53. The summed E-state index contributed by atoms with van der Waals surface area (Å²) in [5.74, 6) is -5.04. The Kier molecular flexibility index (Phi) is 4.67. The van der Waals surface area contributed by atoms with Crippen LogP contribution in [-0.4, -0.2) is 33.6 Å². The van der Waals surface area contributed by atoms with Gasteiger partial charge in [0.25, 0.3) is 0 Å². The predicted octanol–water partition coefficient (Wildman–Crippen LogP) is 1.31. The van der Waals surface area contributed by atoms with Crippen molar-refractivity contribution in [3.05, 3.63) is 58.8 Å². The van der Waals surface area contributed by atoms with Gasteiger partial charge in [-0.15, -0.1) is 0 Å². The van der Waals surface area contributed by atoms with Gasteiger partial charge in [-0.3, -0.25) is 4.79 Å². The van der Waals surface area contributed by atoms with Crippen LogP contribution in [0.15, 0.2) is 48.2 Å². The summed E-state index contributed by atoms with van der Waals surface area (Å²) in [4.78, 5) is 11.0. The fraction of sp³-hybridized carbons (Fsp3) is 0.267. The van der Waals surface area contributed by atoms with Gasteiger partial charge in [-0.1, -0.05) is 23.7 Å². The first-order valence-electron chi connectivity index (χ1n) is 6.45. The van der Waals surface area contributed by atoms with Gasteiger partial charge in [-0.2, -0.15) is 0 Å². The Balaban J connectivity index is 1.95. The van der Waals surface area contributed by atoms with Crippen molar-refractivity contribution in [1.82, 2.24) is 5.32 Å². The Morgan fingerprint density at radius 1 is 1.38 bits per heavy atom. The molecule has 0 aromatic heterocycles. The summed E-state index contributed by atoms with van der Waals surface area (Å²) in [5, 5.41) is 31.8. The minimum Gasteiger partial charge on any atom is -0.481 e. The Bertz CT molecular complexity index is 595. The summed E-state index contributed by atoms with van der Waals surface area (Å²) >= 11 is 5.89. The number of carboxylic acid groups (broad SMARTS) is 1. The molecule has 0 spiro atoms. The molecular weight excluding hydrogens is 294 g/mol. The van der Waals surface area contributed by atoms with E-state index < -0.39 is 17.7 Å². The molecule has 0 amide bonds. The standard InChI is InChI=1S/C15H16ClNO4/c16-11-3-1-2-10(8-11)5-7-17-12-4-6-15(20,21)13(9-12)14(18)19/h1-4,6,8-9,13,17,20-21H,5,7H2,(H,18,19). The first-order valence-corrected chi connectivity index (χ1v) is 6.83. The number of carboxylic acids is 1. The molecule has 0 bridgehead atoms. The Hall–Kier alpha value is -1.82. The van der Waals surface area contributed by atoms with Crippen molar-refractivity contribution in [3.8, 4) is 0 Å². The first-order chi connectivity index (χ1) is 9.88. The number of hydrogen-bond donors (Lipinski definition) is 4. The highest BCUT2D eigenvalue weighted by atomic mass is 35.5. The molecule has 0 fully saturated rings. The number of rotatable bonds is 5. The maximum atomic E-state index is 11.0. The first kappa shape index (κ1) is 15.6. The summed E-state index contributed by atoms with van der Waals surface area (Å²) < 4.78 is 0. The van der Waals surface area contributed by atoms with Crippen molar-refractivity contribution in [3.63, 3.8) is 0 Å². The molecule has 0 saturated carbocycles. The number of allylic oxidation sites excluding steroid dienone is 1. The van der Waals surface area contributed by atoms with E-state index >= 15 is 0 Å². The van der Waals surface area contributed by atoms with Gasteiger partial charge in [0, 0.05) is 17.3 Å². The molecule has 0 saturated heterocycles. The second kappa shape index (κ2) is 6.30. The molecule has 1 unspecified atom stereocenters. The Morgan fingerprint density at radius 2 is 2.14 bits per heavy atom. The number of nitrogens with one attached hydrogen (secondary N) is 1. The zero-order valence-electron chi connectivity index (χ0n) is 11.2. The van der Waals surface area contributed by atoms with Crippen molar-refractivity contribution >= 4 is 17.6 Å². The van der Waals surface area contributed by atoms with E-state index in [4.69, 9.17) is 16.7 Å². The van der Waals surface area contributed by atoms with Gasteiger partial charge >= 0.3 is 5.97 Å². The second-order valence-electron chi connectivity index (χ2n) is 4.86. The van der Waals surface area contributed by atoms with Crippen molar-refractivity contribution in [2.45, 2.75) is 12.2 Å². The molecule has 1 aromatic carbocycles. The number of aliphatic carboxylic acids is 1. The lowest BCUT2D eigenvalue weighted by molar-refractivity contribution is -0.176. The lowest BCUT2D eigenvalue weighted by Gasteiger charge is -2.27. The summed E-state index contributed by atoms with van der Waals surface area (Å²) in [5.41, 5.74) is 1.60. The summed E-state index contributed by atoms with van der Waals surface area (Å²) in [6.45, 7) is 0.576. The van der Waals surface area contributed by atoms with Gasteiger partial charge in [-0.25, -0.2) is 0 Å². The van der Waals surface area contributed by atoms with Crippen LogP contribution in [0.4, 0.5) is 0 Å². The van der Waals surface area contributed by atoms with Gasteiger partial charge in [0.05, 0.1) is 0 Å². The number of halogens is 1. The van der Waals surface area contributed by atoms with E-state index in [-0.39, 0.29) is 0 Å². The highest BCUT2D eigenvalue weighted by molar-refractivity contribution is 6.30. The van der Waals surface area contributed by atoms with Crippen LogP contribution >= 0.6 is 11.6 Å². The van der Waals surface area contributed by atoms with E-state index in [1.54, 1.807) is 6.07 Å². The highest BCUT2D eigenvalue weighted by Crippen LogP contribution is 2.24. The van der Waals surface area contributed by atoms with Crippen LogP contribution in [0.3, 0.4) is 0 Å². The zero-order chi connectivity index (χ0) is 15.5. The smallest absolute Gasteiger partial charge is 0.316 e. The van der Waals surface area contributed by atoms with Gasteiger partial charge in [0.15, 0.2) is 5.79 Å². The largest absolute Gasteiger partial charge is 0.481 e. The van der Waals surface area contributed by atoms with Crippen LogP contribution in [-0.2, 0) is 11.2 Å². The maximum Gasteiger partial charge on any atom is 0.316 e. The molecule has 0 heterocycles. The normalized spacial score (nSPS) is 20.0. The van der Waals surface area contributed by atoms with E-state index in [9.17, 15) is 15.0 Å². The monoisotopic (exact) mass is 309 g/mol. The third kappa shape index (κ3) is 4.07. The van der Waals surface area contributed by atoms with Crippen molar-refractivity contribution in [2.24, 2.45) is 5.92 Å². The molecule has 0 aliphatic heterocycles. The molecule has 21 heavy (non-hydrogen) atoms. The number of hydrogen-bond acceptors (Lipinski definition) is 4. The predicted molar refractivity (Wildman–Crippen MR) is 78.7 cm³/mol. The molecule has 0 radical (unpaired) electrons. The van der Waals surface area contributed by atoms with E-state index in [1.165, 1.54) is 12.2 Å². The van der Waals surface area contributed by atoms with Crippen LogP contribution in [0, 0.1) is 5.92 Å². The number of benzene rings is 1. The molecule has 1 aromatic rings. The number of carbonyl (C=O) groups is 1. The molecule has 1 atom stereocenters. The minimum atomic E-state index is -2.36. The van der Waals surface area contributed by atoms with Crippen LogP contribution in [0.25, 0.3) is 0 Å². The SMILES string of the molecule is O=C(O)C1C=C(NCCc2cccc(Cl)c2)C=CC1(O)O. The van der Waals surface area contributed by atoms with E-state index in [2.05, 4.69) is 5.32 Å². The van der Waals surface area contributed by atoms with E-state index in [0.717, 1.165) is 11.6 Å². The average molecular weight is 310 g/mol. The van der Waals surface area contributed by atoms with Crippen LogP contribution < -0.4 is 5.32 Å². The summed E-state index contributed by atoms with van der Waals surface area (Å²) in [7, 11) is 0.